The van der Waals surface area contributed by atoms with Gasteiger partial charge in [0.15, 0.2) is 6.10 Å². The Morgan fingerprint density at radius 1 is 0.923 bits per heavy atom. The molecule has 0 aliphatic carbocycles. The molecule has 0 spiro atoms. The molecule has 140 valence electrons. The van der Waals surface area contributed by atoms with Gasteiger partial charge in [0.2, 0.25) is 0 Å². The number of hydrogen-bond donors (Lipinski definition) is 1. The minimum atomic E-state index is -0.553. The van der Waals surface area contributed by atoms with Crippen molar-refractivity contribution in [3.8, 4) is 5.75 Å². The number of amides is 1. The Morgan fingerprint density at radius 2 is 1.62 bits per heavy atom. The number of nitrogens with one attached hydrogen (secondary N) is 1. The molecule has 3 heteroatoms. The summed E-state index contributed by atoms with van der Waals surface area (Å²) in [5.74, 6) is 1.03. The van der Waals surface area contributed by atoms with E-state index in [-0.39, 0.29) is 11.9 Å². The zero-order chi connectivity index (χ0) is 19.4. The molecule has 0 aliphatic heterocycles. The fourth-order valence-electron chi connectivity index (χ4n) is 2.91. The first-order valence-electron chi connectivity index (χ1n) is 9.33. The standard InChI is InChI=1S/C23H31NO2/c1-14(2)21-11-8-15(3)12-22(21)26-19(7)23(25)24-18(6)20-10-9-16(4)17(5)13-20/h8-14,18-19H,1-7H3,(H,24,25)/t18-,19+/m0/s1. The van der Waals surface area contributed by atoms with Crippen molar-refractivity contribution in [1.29, 1.82) is 0 Å². The average Bonchev–Trinajstić information content (AvgIpc) is 2.56. The molecular formula is C23H31NO2. The van der Waals surface area contributed by atoms with Gasteiger partial charge in [0.25, 0.3) is 5.91 Å². The van der Waals surface area contributed by atoms with Gasteiger partial charge in [0, 0.05) is 0 Å². The van der Waals surface area contributed by atoms with Gasteiger partial charge in [-0.1, -0.05) is 44.2 Å². The second-order valence-electron chi connectivity index (χ2n) is 7.53. The van der Waals surface area contributed by atoms with Gasteiger partial charge in [-0.2, -0.15) is 0 Å². The van der Waals surface area contributed by atoms with Crippen molar-refractivity contribution in [2.45, 2.75) is 66.5 Å². The predicted molar refractivity (Wildman–Crippen MR) is 108 cm³/mol. The normalized spacial score (nSPS) is 13.4. The summed E-state index contributed by atoms with van der Waals surface area (Å²) in [6.07, 6.45) is -0.553. The Morgan fingerprint density at radius 3 is 2.23 bits per heavy atom. The Labute approximate surface area is 157 Å². The Balaban J connectivity index is 2.08. The zero-order valence-corrected chi connectivity index (χ0v) is 17.0. The summed E-state index contributed by atoms with van der Waals surface area (Å²) in [6.45, 7) is 14.3. The molecule has 0 radical (unpaired) electrons. The van der Waals surface area contributed by atoms with Crippen LogP contribution >= 0.6 is 0 Å². The molecule has 2 aromatic carbocycles. The predicted octanol–water partition coefficient (Wildman–Crippen LogP) is 5.38. The summed E-state index contributed by atoms with van der Waals surface area (Å²) < 4.78 is 6.02. The highest BCUT2D eigenvalue weighted by atomic mass is 16.5. The molecule has 26 heavy (non-hydrogen) atoms. The first kappa shape index (κ1) is 20.0. The molecular weight excluding hydrogens is 322 g/mol. The maximum absolute atomic E-state index is 12.6. The summed E-state index contributed by atoms with van der Waals surface area (Å²) in [7, 11) is 0. The van der Waals surface area contributed by atoms with E-state index in [2.05, 4.69) is 63.3 Å². The lowest BCUT2D eigenvalue weighted by molar-refractivity contribution is -0.127. The molecule has 1 amide bonds. The fourth-order valence-corrected chi connectivity index (χ4v) is 2.91. The van der Waals surface area contributed by atoms with Gasteiger partial charge >= 0.3 is 0 Å². The Kier molecular flexibility index (Phi) is 6.47. The van der Waals surface area contributed by atoms with E-state index >= 15 is 0 Å². The third-order valence-corrected chi connectivity index (χ3v) is 4.85. The molecule has 0 fully saturated rings. The molecule has 2 aromatic rings. The van der Waals surface area contributed by atoms with Crippen LogP contribution in [0, 0.1) is 20.8 Å². The third-order valence-electron chi connectivity index (χ3n) is 4.85. The van der Waals surface area contributed by atoms with E-state index in [0.29, 0.717) is 5.92 Å². The van der Waals surface area contributed by atoms with Gasteiger partial charge in [-0.05, 0) is 74.4 Å². The minimum absolute atomic E-state index is 0.0603. The van der Waals surface area contributed by atoms with Crippen LogP contribution in [0.25, 0.3) is 0 Å². The van der Waals surface area contributed by atoms with Gasteiger partial charge in [0.1, 0.15) is 5.75 Å². The molecule has 0 aliphatic rings. The van der Waals surface area contributed by atoms with E-state index in [9.17, 15) is 4.79 Å². The molecule has 0 unspecified atom stereocenters. The van der Waals surface area contributed by atoms with Crippen LogP contribution in [0.5, 0.6) is 5.75 Å². The number of hydrogen-bond acceptors (Lipinski definition) is 2. The van der Waals surface area contributed by atoms with Crippen molar-refractivity contribution in [3.63, 3.8) is 0 Å². The summed E-state index contributed by atoms with van der Waals surface area (Å²) in [4.78, 5) is 12.6. The van der Waals surface area contributed by atoms with Crippen LogP contribution in [-0.4, -0.2) is 12.0 Å². The lowest BCUT2D eigenvalue weighted by Crippen LogP contribution is -2.38. The van der Waals surface area contributed by atoms with Crippen LogP contribution in [0.3, 0.4) is 0 Å². The van der Waals surface area contributed by atoms with Gasteiger partial charge < -0.3 is 10.1 Å². The fraction of sp³-hybridized carbons (Fsp3) is 0.435. The summed E-state index contributed by atoms with van der Waals surface area (Å²) in [5.41, 5.74) is 5.84. The number of carbonyl (C=O) groups excluding carboxylic acids is 1. The van der Waals surface area contributed by atoms with E-state index in [1.54, 1.807) is 6.92 Å². The van der Waals surface area contributed by atoms with Crippen LogP contribution < -0.4 is 10.1 Å². The van der Waals surface area contributed by atoms with Gasteiger partial charge in [-0.3, -0.25) is 4.79 Å². The van der Waals surface area contributed by atoms with Crippen molar-refractivity contribution in [2.24, 2.45) is 0 Å². The molecule has 0 saturated carbocycles. The van der Waals surface area contributed by atoms with Crippen molar-refractivity contribution in [2.75, 3.05) is 0 Å². The van der Waals surface area contributed by atoms with Crippen molar-refractivity contribution < 1.29 is 9.53 Å². The average molecular weight is 354 g/mol. The highest BCUT2D eigenvalue weighted by Crippen LogP contribution is 2.28. The molecule has 1 N–H and O–H groups in total. The van der Waals surface area contributed by atoms with Crippen LogP contribution in [0.4, 0.5) is 0 Å². The Bertz CT molecular complexity index is 780. The van der Waals surface area contributed by atoms with Gasteiger partial charge in [-0.15, -0.1) is 0 Å². The maximum Gasteiger partial charge on any atom is 0.261 e. The number of benzene rings is 2. The topological polar surface area (TPSA) is 38.3 Å². The van der Waals surface area contributed by atoms with Crippen LogP contribution in [0.1, 0.15) is 67.5 Å². The van der Waals surface area contributed by atoms with Crippen LogP contribution in [0.15, 0.2) is 36.4 Å². The molecule has 0 bridgehead atoms. The van der Waals surface area contributed by atoms with Crippen molar-refractivity contribution >= 4 is 5.91 Å². The molecule has 2 rings (SSSR count). The highest BCUT2D eigenvalue weighted by Gasteiger charge is 2.20. The summed E-state index contributed by atoms with van der Waals surface area (Å²) in [6, 6.07) is 12.4. The first-order chi connectivity index (χ1) is 12.2. The van der Waals surface area contributed by atoms with E-state index in [0.717, 1.165) is 22.4 Å². The lowest BCUT2D eigenvalue weighted by atomic mass is 10.0. The second-order valence-corrected chi connectivity index (χ2v) is 7.53. The number of carbonyl (C=O) groups is 1. The highest BCUT2D eigenvalue weighted by molar-refractivity contribution is 5.81. The minimum Gasteiger partial charge on any atom is -0.481 e. The molecule has 3 nitrogen and oxygen atoms in total. The van der Waals surface area contributed by atoms with Crippen molar-refractivity contribution in [3.05, 3.63) is 64.2 Å². The smallest absolute Gasteiger partial charge is 0.261 e. The van der Waals surface area contributed by atoms with Crippen LogP contribution in [0.2, 0.25) is 0 Å². The van der Waals surface area contributed by atoms with Gasteiger partial charge in [-0.25, -0.2) is 0 Å². The Hall–Kier alpha value is -2.29. The van der Waals surface area contributed by atoms with Gasteiger partial charge in [0.05, 0.1) is 6.04 Å². The molecule has 0 heterocycles. The van der Waals surface area contributed by atoms with E-state index in [4.69, 9.17) is 4.74 Å². The number of aryl methyl sites for hydroxylation is 3. The third kappa shape index (κ3) is 4.87. The SMILES string of the molecule is Cc1ccc(C(C)C)c(O[C@H](C)C(=O)N[C@@H](C)c2ccc(C)c(C)c2)c1. The van der Waals surface area contributed by atoms with Crippen molar-refractivity contribution in [1.82, 2.24) is 5.32 Å². The lowest BCUT2D eigenvalue weighted by Gasteiger charge is -2.22. The quantitative estimate of drug-likeness (QED) is 0.757. The van der Waals surface area contributed by atoms with Crippen LogP contribution in [-0.2, 0) is 4.79 Å². The monoisotopic (exact) mass is 353 g/mol. The molecule has 0 aromatic heterocycles. The molecule has 0 saturated heterocycles. The van der Waals surface area contributed by atoms with E-state index in [1.165, 1.54) is 11.1 Å². The van der Waals surface area contributed by atoms with E-state index < -0.39 is 6.10 Å². The zero-order valence-electron chi connectivity index (χ0n) is 17.0. The molecule has 2 atom stereocenters. The second kappa shape index (κ2) is 8.39. The summed E-state index contributed by atoms with van der Waals surface area (Å²) in [5, 5.41) is 3.06. The largest absolute Gasteiger partial charge is 0.481 e. The summed E-state index contributed by atoms with van der Waals surface area (Å²) >= 11 is 0. The number of ether oxygens (including phenoxy) is 1. The first-order valence-corrected chi connectivity index (χ1v) is 9.33. The number of rotatable bonds is 6. The van der Waals surface area contributed by atoms with E-state index in [1.807, 2.05) is 19.9 Å². The maximum atomic E-state index is 12.6.